The topological polar surface area (TPSA) is 66.9 Å². The Balaban J connectivity index is 1.52. The van der Waals surface area contributed by atoms with Gasteiger partial charge < -0.3 is 15.0 Å². The molecule has 30 heavy (non-hydrogen) atoms. The molecule has 2 aliphatic rings. The lowest BCUT2D eigenvalue weighted by Gasteiger charge is -2.34. The summed E-state index contributed by atoms with van der Waals surface area (Å²) < 4.78 is 2.14. The molecule has 2 N–H and O–H groups in total. The van der Waals surface area contributed by atoms with Gasteiger partial charge in [-0.25, -0.2) is 4.98 Å². The molecule has 0 unspecified atom stereocenters. The molecule has 3 aromatic rings. The van der Waals surface area contributed by atoms with Crippen LogP contribution in [0.2, 0.25) is 0 Å². The number of carbonyl (C=O) groups excluding carboxylic acids is 1. The van der Waals surface area contributed by atoms with Crippen LogP contribution in [0.25, 0.3) is 16.9 Å². The number of aryl methyl sites for hydroxylation is 2. The number of nitrogen functional groups attached to an aromatic ring is 1. The van der Waals surface area contributed by atoms with E-state index in [9.17, 15) is 4.79 Å². The van der Waals surface area contributed by atoms with E-state index >= 15 is 0 Å². The normalized spacial score (nSPS) is 17.3. The zero-order chi connectivity index (χ0) is 20.7. The summed E-state index contributed by atoms with van der Waals surface area (Å²) in [4.78, 5) is 21.0. The van der Waals surface area contributed by atoms with E-state index < -0.39 is 0 Å². The standard InChI is InChI=1S/C24H29N5O/c1-17(30)28-12-10-27(11-13-28)16-22-24(26-23-9-8-21(25)15-29(22)23)20-7-6-18-4-2-3-5-19(18)14-20/h6-9,14-15H,2-5,10-13,16,25H2,1H3. The number of aromatic nitrogens is 2. The number of fused-ring (bicyclic) bond motifs is 2. The molecule has 0 atom stereocenters. The highest BCUT2D eigenvalue weighted by atomic mass is 16.2. The number of hydrogen-bond acceptors (Lipinski definition) is 4. The average molecular weight is 404 g/mol. The Kier molecular flexibility index (Phi) is 4.95. The molecule has 6 heteroatoms. The van der Waals surface area contributed by atoms with Gasteiger partial charge in [0, 0.05) is 57.1 Å². The highest BCUT2D eigenvalue weighted by Crippen LogP contribution is 2.31. The van der Waals surface area contributed by atoms with Gasteiger partial charge in [0.2, 0.25) is 5.91 Å². The Hall–Kier alpha value is -2.86. The molecule has 0 saturated carbocycles. The van der Waals surface area contributed by atoms with Crippen LogP contribution in [-0.2, 0) is 24.2 Å². The highest BCUT2D eigenvalue weighted by Gasteiger charge is 2.23. The van der Waals surface area contributed by atoms with Crippen molar-refractivity contribution in [1.29, 1.82) is 0 Å². The molecule has 0 bridgehead atoms. The van der Waals surface area contributed by atoms with Crippen molar-refractivity contribution < 1.29 is 4.79 Å². The summed E-state index contributed by atoms with van der Waals surface area (Å²) in [7, 11) is 0. The second-order valence-electron chi connectivity index (χ2n) is 8.57. The van der Waals surface area contributed by atoms with Gasteiger partial charge in [-0.1, -0.05) is 12.1 Å². The molecular formula is C24H29N5O. The van der Waals surface area contributed by atoms with Gasteiger partial charge >= 0.3 is 0 Å². The van der Waals surface area contributed by atoms with Gasteiger partial charge in [-0.3, -0.25) is 9.69 Å². The molecule has 5 rings (SSSR count). The number of amides is 1. The van der Waals surface area contributed by atoms with Gasteiger partial charge in [0.25, 0.3) is 0 Å². The van der Waals surface area contributed by atoms with E-state index in [2.05, 4.69) is 27.5 Å². The molecule has 6 nitrogen and oxygen atoms in total. The van der Waals surface area contributed by atoms with E-state index in [1.807, 2.05) is 23.2 Å². The van der Waals surface area contributed by atoms with E-state index in [4.69, 9.17) is 10.7 Å². The maximum Gasteiger partial charge on any atom is 0.219 e. The zero-order valence-corrected chi connectivity index (χ0v) is 17.6. The summed E-state index contributed by atoms with van der Waals surface area (Å²) in [5, 5.41) is 0. The van der Waals surface area contributed by atoms with Gasteiger partial charge in [0.05, 0.1) is 11.4 Å². The first-order valence-electron chi connectivity index (χ1n) is 10.9. The quantitative estimate of drug-likeness (QED) is 0.730. The van der Waals surface area contributed by atoms with Gasteiger partial charge in [0.15, 0.2) is 0 Å². The predicted molar refractivity (Wildman–Crippen MR) is 119 cm³/mol. The summed E-state index contributed by atoms with van der Waals surface area (Å²) >= 11 is 0. The Morgan fingerprint density at radius 2 is 1.80 bits per heavy atom. The Morgan fingerprint density at radius 1 is 1.03 bits per heavy atom. The number of carbonyl (C=O) groups is 1. The number of benzene rings is 1. The number of rotatable bonds is 3. The van der Waals surface area contributed by atoms with Crippen molar-refractivity contribution in [2.75, 3.05) is 31.9 Å². The molecule has 1 saturated heterocycles. The fourth-order valence-electron chi connectivity index (χ4n) is 4.81. The third-order valence-corrected chi connectivity index (χ3v) is 6.55. The molecule has 2 aromatic heterocycles. The van der Waals surface area contributed by atoms with Crippen molar-refractivity contribution in [3.8, 4) is 11.3 Å². The molecule has 1 aromatic carbocycles. The number of hydrogen-bond donors (Lipinski definition) is 1. The van der Waals surface area contributed by atoms with Gasteiger partial charge in [-0.05, 0) is 55.0 Å². The molecule has 1 aliphatic heterocycles. The molecule has 3 heterocycles. The van der Waals surface area contributed by atoms with E-state index in [0.29, 0.717) is 0 Å². The molecule has 1 amide bonds. The van der Waals surface area contributed by atoms with Crippen LogP contribution in [0.3, 0.4) is 0 Å². The van der Waals surface area contributed by atoms with Crippen LogP contribution in [0.5, 0.6) is 0 Å². The van der Waals surface area contributed by atoms with Crippen LogP contribution in [0.1, 0.15) is 36.6 Å². The third-order valence-electron chi connectivity index (χ3n) is 6.55. The van der Waals surface area contributed by atoms with Crippen LogP contribution in [0, 0.1) is 0 Å². The summed E-state index contributed by atoms with van der Waals surface area (Å²) in [6.07, 6.45) is 6.88. The largest absolute Gasteiger partial charge is 0.398 e. The predicted octanol–water partition coefficient (Wildman–Crippen LogP) is 3.13. The lowest BCUT2D eigenvalue weighted by Crippen LogP contribution is -2.47. The minimum atomic E-state index is 0.159. The zero-order valence-electron chi connectivity index (χ0n) is 17.6. The smallest absolute Gasteiger partial charge is 0.219 e. The number of nitrogens with zero attached hydrogens (tertiary/aromatic N) is 4. The van der Waals surface area contributed by atoms with Gasteiger partial charge in [0.1, 0.15) is 5.65 Å². The number of piperazine rings is 1. The van der Waals surface area contributed by atoms with Crippen LogP contribution in [0.4, 0.5) is 5.69 Å². The van der Waals surface area contributed by atoms with Crippen molar-refractivity contribution >= 4 is 17.2 Å². The average Bonchev–Trinajstić information content (AvgIpc) is 3.11. The second-order valence-corrected chi connectivity index (χ2v) is 8.57. The SMILES string of the molecule is CC(=O)N1CCN(Cc2c(-c3ccc4c(c3)CCCC4)nc3ccc(N)cn23)CC1. The first-order valence-corrected chi connectivity index (χ1v) is 10.9. The summed E-state index contributed by atoms with van der Waals surface area (Å²) in [5.41, 5.74) is 14.1. The fourth-order valence-corrected chi connectivity index (χ4v) is 4.81. The molecule has 0 spiro atoms. The minimum Gasteiger partial charge on any atom is -0.398 e. The number of nitrogens with two attached hydrogens (primary N) is 1. The summed E-state index contributed by atoms with van der Waals surface area (Å²) in [6.45, 7) is 5.75. The molecular weight excluding hydrogens is 374 g/mol. The monoisotopic (exact) mass is 403 g/mol. The van der Waals surface area contributed by atoms with Gasteiger partial charge in [-0.2, -0.15) is 0 Å². The Bertz CT molecular complexity index is 1090. The molecule has 0 radical (unpaired) electrons. The lowest BCUT2D eigenvalue weighted by molar-refractivity contribution is -0.130. The van der Waals surface area contributed by atoms with Gasteiger partial charge in [-0.15, -0.1) is 0 Å². The third kappa shape index (κ3) is 3.56. The molecule has 1 fully saturated rings. The minimum absolute atomic E-state index is 0.159. The van der Waals surface area contributed by atoms with Crippen molar-refractivity contribution in [3.63, 3.8) is 0 Å². The summed E-state index contributed by atoms with van der Waals surface area (Å²) in [5.74, 6) is 0.159. The van der Waals surface area contributed by atoms with Crippen molar-refractivity contribution in [2.45, 2.75) is 39.2 Å². The van der Waals surface area contributed by atoms with E-state index in [1.165, 1.54) is 41.6 Å². The number of pyridine rings is 1. The first-order chi connectivity index (χ1) is 14.6. The van der Waals surface area contributed by atoms with E-state index in [0.717, 1.165) is 56.2 Å². The van der Waals surface area contributed by atoms with Crippen molar-refractivity contribution in [1.82, 2.24) is 19.2 Å². The molecule has 156 valence electrons. The van der Waals surface area contributed by atoms with E-state index in [-0.39, 0.29) is 5.91 Å². The number of anilines is 1. The maximum absolute atomic E-state index is 11.7. The van der Waals surface area contributed by atoms with Crippen LogP contribution in [0.15, 0.2) is 36.5 Å². The highest BCUT2D eigenvalue weighted by molar-refractivity contribution is 5.73. The van der Waals surface area contributed by atoms with Crippen LogP contribution in [-0.4, -0.2) is 51.3 Å². The number of imidazole rings is 1. The van der Waals surface area contributed by atoms with E-state index in [1.54, 1.807) is 6.92 Å². The van der Waals surface area contributed by atoms with Crippen LogP contribution < -0.4 is 5.73 Å². The fraction of sp³-hybridized carbons (Fsp3) is 0.417. The first kappa shape index (κ1) is 19.1. The van der Waals surface area contributed by atoms with Crippen LogP contribution >= 0.6 is 0 Å². The van der Waals surface area contributed by atoms with Crippen molar-refractivity contribution in [2.24, 2.45) is 0 Å². The second kappa shape index (κ2) is 7.76. The Morgan fingerprint density at radius 3 is 2.57 bits per heavy atom. The summed E-state index contributed by atoms with van der Waals surface area (Å²) in [6, 6.07) is 10.8. The lowest BCUT2D eigenvalue weighted by atomic mass is 9.90. The molecule has 1 aliphatic carbocycles. The Labute approximate surface area is 177 Å². The maximum atomic E-state index is 11.7. The van der Waals surface area contributed by atoms with Crippen molar-refractivity contribution in [3.05, 3.63) is 53.3 Å².